The lowest BCUT2D eigenvalue weighted by atomic mass is 9.81. The van der Waals surface area contributed by atoms with E-state index in [1.54, 1.807) is 4.52 Å². The largest absolute Gasteiger partial charge is 0.396 e. The molecule has 1 aliphatic rings. The molecule has 4 heterocycles. The standard InChI is InChI=1S/C26H31N7O4/c1-16-7-17(5-6-18(16)9-27-23(36)22-30-24(37-31-22)25(2,3)4)21-20-8-19(10-33(20)29-15-28-21)32-11-26(12-32,13-34)14-35/h5-8,10,15,34-35H,9,11-14H2,1-4H3,(H,27,36). The number of aromatic nitrogens is 5. The second-order valence-corrected chi connectivity index (χ2v) is 10.8. The number of hydrogen-bond donors (Lipinski definition) is 3. The lowest BCUT2D eigenvalue weighted by molar-refractivity contribution is 0.0306. The highest BCUT2D eigenvalue weighted by molar-refractivity contribution is 5.90. The molecule has 0 unspecified atom stereocenters. The fourth-order valence-corrected chi connectivity index (χ4v) is 4.42. The predicted molar refractivity (Wildman–Crippen MR) is 136 cm³/mol. The second-order valence-electron chi connectivity index (χ2n) is 10.8. The number of aryl methyl sites for hydroxylation is 1. The van der Waals surface area contributed by atoms with Gasteiger partial charge in [0, 0.05) is 30.6 Å². The lowest BCUT2D eigenvalue weighted by Crippen LogP contribution is -2.60. The first-order valence-corrected chi connectivity index (χ1v) is 12.1. The van der Waals surface area contributed by atoms with Gasteiger partial charge < -0.3 is 25.0 Å². The first kappa shape index (κ1) is 24.8. The van der Waals surface area contributed by atoms with Gasteiger partial charge in [-0.25, -0.2) is 9.50 Å². The molecule has 0 saturated carbocycles. The number of carbonyl (C=O) groups excluding carboxylic acids is 1. The van der Waals surface area contributed by atoms with E-state index in [1.165, 1.54) is 6.33 Å². The van der Waals surface area contributed by atoms with Gasteiger partial charge in [-0.05, 0) is 30.2 Å². The summed E-state index contributed by atoms with van der Waals surface area (Å²) in [6.45, 7) is 9.22. The summed E-state index contributed by atoms with van der Waals surface area (Å²) in [6.07, 6.45) is 3.45. The van der Waals surface area contributed by atoms with E-state index in [9.17, 15) is 15.0 Å². The average Bonchev–Trinajstić information content (AvgIpc) is 3.51. The van der Waals surface area contributed by atoms with Crippen molar-refractivity contribution in [3.63, 3.8) is 0 Å². The highest BCUT2D eigenvalue weighted by Gasteiger charge is 2.42. The van der Waals surface area contributed by atoms with E-state index in [4.69, 9.17) is 4.52 Å². The highest BCUT2D eigenvalue weighted by Crippen LogP contribution is 2.36. The maximum Gasteiger partial charge on any atom is 0.292 e. The number of rotatable bonds is 7. The van der Waals surface area contributed by atoms with Crippen molar-refractivity contribution in [3.05, 3.63) is 59.6 Å². The van der Waals surface area contributed by atoms with E-state index in [1.807, 2.05) is 58.2 Å². The van der Waals surface area contributed by atoms with Crippen LogP contribution in [0.3, 0.4) is 0 Å². The summed E-state index contributed by atoms with van der Waals surface area (Å²) >= 11 is 0. The molecule has 1 saturated heterocycles. The molecule has 0 aliphatic carbocycles. The Kier molecular flexibility index (Phi) is 6.20. The molecule has 1 aliphatic heterocycles. The molecule has 0 atom stereocenters. The minimum absolute atomic E-state index is 0.0176. The molecule has 11 nitrogen and oxygen atoms in total. The van der Waals surface area contributed by atoms with Gasteiger partial charge in [-0.1, -0.05) is 38.1 Å². The quantitative estimate of drug-likeness (QED) is 0.344. The Labute approximate surface area is 214 Å². The number of aliphatic hydroxyl groups excluding tert-OH is 2. The predicted octanol–water partition coefficient (Wildman–Crippen LogP) is 2.11. The second kappa shape index (κ2) is 9.24. The first-order chi connectivity index (χ1) is 17.6. The third-order valence-electron chi connectivity index (χ3n) is 6.81. The van der Waals surface area contributed by atoms with E-state index in [0.29, 0.717) is 25.5 Å². The SMILES string of the molecule is Cc1cc(-c2ncnn3cc(N4CC(CO)(CO)C4)cc23)ccc1CNC(=O)c1noc(C(C)(C)C)n1. The zero-order valence-corrected chi connectivity index (χ0v) is 21.4. The molecule has 0 radical (unpaired) electrons. The van der Waals surface area contributed by atoms with E-state index in [-0.39, 0.29) is 24.5 Å². The van der Waals surface area contributed by atoms with Crippen molar-refractivity contribution >= 4 is 17.1 Å². The van der Waals surface area contributed by atoms with Crippen molar-refractivity contribution in [3.8, 4) is 11.3 Å². The van der Waals surface area contributed by atoms with Gasteiger partial charge in [0.05, 0.1) is 41.7 Å². The van der Waals surface area contributed by atoms with Crippen LogP contribution in [0.2, 0.25) is 0 Å². The molecule has 1 aromatic carbocycles. The number of amides is 1. The summed E-state index contributed by atoms with van der Waals surface area (Å²) in [6, 6.07) is 8.00. The maximum absolute atomic E-state index is 12.5. The van der Waals surface area contributed by atoms with Crippen molar-refractivity contribution in [2.75, 3.05) is 31.2 Å². The molecule has 0 bridgehead atoms. The summed E-state index contributed by atoms with van der Waals surface area (Å²) in [5, 5.41) is 30.2. The van der Waals surface area contributed by atoms with E-state index >= 15 is 0 Å². The topological polar surface area (TPSA) is 142 Å². The van der Waals surface area contributed by atoms with E-state index < -0.39 is 11.3 Å². The molecular formula is C26H31N7O4. The summed E-state index contributed by atoms with van der Waals surface area (Å²) < 4.78 is 7.00. The van der Waals surface area contributed by atoms with Gasteiger partial charge in [-0.3, -0.25) is 4.79 Å². The van der Waals surface area contributed by atoms with Gasteiger partial charge in [0.15, 0.2) is 0 Å². The number of benzene rings is 1. The van der Waals surface area contributed by atoms with Gasteiger partial charge in [-0.15, -0.1) is 0 Å². The Balaban J connectivity index is 1.31. The van der Waals surface area contributed by atoms with Crippen LogP contribution in [-0.4, -0.2) is 67.2 Å². The van der Waals surface area contributed by atoms with Crippen molar-refractivity contribution in [2.24, 2.45) is 5.41 Å². The fourth-order valence-electron chi connectivity index (χ4n) is 4.42. The van der Waals surface area contributed by atoms with Gasteiger partial charge in [0.25, 0.3) is 11.7 Å². The minimum Gasteiger partial charge on any atom is -0.396 e. The monoisotopic (exact) mass is 505 g/mol. The van der Waals surface area contributed by atoms with Crippen LogP contribution < -0.4 is 10.2 Å². The van der Waals surface area contributed by atoms with Gasteiger partial charge in [0.1, 0.15) is 6.33 Å². The maximum atomic E-state index is 12.5. The normalized spacial score (nSPS) is 15.1. The Hall–Kier alpha value is -3.83. The third kappa shape index (κ3) is 4.67. The van der Waals surface area contributed by atoms with Crippen molar-refractivity contribution in [1.82, 2.24) is 30.1 Å². The average molecular weight is 506 g/mol. The lowest BCUT2D eigenvalue weighted by Gasteiger charge is -2.49. The number of carbonyl (C=O) groups is 1. The molecule has 3 aromatic heterocycles. The number of nitrogens with one attached hydrogen (secondary N) is 1. The highest BCUT2D eigenvalue weighted by atomic mass is 16.5. The van der Waals surface area contributed by atoms with Crippen LogP contribution in [0.25, 0.3) is 16.8 Å². The summed E-state index contributed by atoms with van der Waals surface area (Å²) in [4.78, 5) is 23.4. The Morgan fingerprint density at radius 2 is 1.95 bits per heavy atom. The van der Waals surface area contributed by atoms with Crippen LogP contribution in [0.4, 0.5) is 5.69 Å². The van der Waals surface area contributed by atoms with Crippen LogP contribution in [0.1, 0.15) is 48.4 Å². The van der Waals surface area contributed by atoms with Crippen molar-refractivity contribution in [2.45, 2.75) is 39.7 Å². The number of hydrogen-bond acceptors (Lipinski definition) is 9. The molecule has 5 rings (SSSR count). The Morgan fingerprint density at radius 1 is 1.19 bits per heavy atom. The van der Waals surface area contributed by atoms with Crippen molar-refractivity contribution < 1.29 is 19.5 Å². The van der Waals surface area contributed by atoms with E-state index in [0.717, 1.165) is 33.6 Å². The first-order valence-electron chi connectivity index (χ1n) is 12.1. The van der Waals surface area contributed by atoms with Crippen LogP contribution in [0.15, 0.2) is 41.3 Å². The summed E-state index contributed by atoms with van der Waals surface area (Å²) in [5.74, 6) is 0.0421. The zero-order chi connectivity index (χ0) is 26.4. The number of aliphatic hydroxyl groups is 2. The van der Waals surface area contributed by atoms with Gasteiger partial charge >= 0.3 is 0 Å². The van der Waals surface area contributed by atoms with Gasteiger partial charge in [-0.2, -0.15) is 10.1 Å². The molecule has 1 fully saturated rings. The molecule has 3 N–H and O–H groups in total. The van der Waals surface area contributed by atoms with Gasteiger partial charge in [0.2, 0.25) is 5.89 Å². The molecule has 0 spiro atoms. The molecular weight excluding hydrogens is 474 g/mol. The Bertz CT molecular complexity index is 1440. The van der Waals surface area contributed by atoms with Crippen LogP contribution in [0, 0.1) is 12.3 Å². The molecule has 4 aromatic rings. The summed E-state index contributed by atoms with van der Waals surface area (Å²) in [5.41, 5.74) is 4.72. The van der Waals surface area contributed by atoms with Crippen molar-refractivity contribution in [1.29, 1.82) is 0 Å². The minimum atomic E-state index is -0.455. The molecule has 194 valence electrons. The van der Waals surface area contributed by atoms with Crippen LogP contribution >= 0.6 is 0 Å². The van der Waals surface area contributed by atoms with E-state index in [2.05, 4.69) is 30.4 Å². The number of nitrogens with zero attached hydrogens (tertiary/aromatic N) is 6. The smallest absolute Gasteiger partial charge is 0.292 e. The Morgan fingerprint density at radius 3 is 2.59 bits per heavy atom. The van der Waals surface area contributed by atoms with Crippen LogP contribution in [-0.2, 0) is 12.0 Å². The summed E-state index contributed by atoms with van der Waals surface area (Å²) in [7, 11) is 0. The zero-order valence-electron chi connectivity index (χ0n) is 21.4. The fraction of sp³-hybridized carbons (Fsp3) is 0.423. The third-order valence-corrected chi connectivity index (χ3v) is 6.81. The molecule has 37 heavy (non-hydrogen) atoms. The molecule has 1 amide bonds. The molecule has 11 heteroatoms. The number of anilines is 1. The number of fused-ring (bicyclic) bond motifs is 1. The van der Waals surface area contributed by atoms with Crippen LogP contribution in [0.5, 0.6) is 0 Å².